The second-order valence-electron chi connectivity index (χ2n) is 7.73. The Morgan fingerprint density at radius 1 is 1.11 bits per heavy atom. The topological polar surface area (TPSA) is 71.0 Å². The maximum Gasteiger partial charge on any atom is 0.238 e. The maximum absolute atomic E-state index is 13.2. The first-order valence-corrected chi connectivity index (χ1v) is 12.3. The van der Waals surface area contributed by atoms with E-state index in [-0.39, 0.29) is 18.2 Å². The molecule has 1 saturated heterocycles. The molecule has 0 saturated carbocycles. The summed E-state index contributed by atoms with van der Waals surface area (Å²) in [6.07, 6.45) is 0.00752. The molecule has 1 aliphatic heterocycles. The summed E-state index contributed by atoms with van der Waals surface area (Å²) in [5, 5.41) is 3.09. The van der Waals surface area contributed by atoms with Crippen molar-refractivity contribution < 1.29 is 18.7 Å². The zero-order valence-electron chi connectivity index (χ0n) is 18.9. The quantitative estimate of drug-likeness (QED) is 0.420. The molecule has 3 aromatic rings. The van der Waals surface area contributed by atoms with Gasteiger partial charge in [0.2, 0.25) is 11.8 Å². The Bertz CT molecular complexity index is 1220. The van der Waals surface area contributed by atoms with Gasteiger partial charge in [0, 0.05) is 17.1 Å². The number of nitrogens with one attached hydrogen (secondary N) is 1. The van der Waals surface area contributed by atoms with Crippen LogP contribution in [-0.2, 0) is 16.1 Å². The highest BCUT2D eigenvalue weighted by Crippen LogP contribution is 2.31. The summed E-state index contributed by atoms with van der Waals surface area (Å²) < 4.78 is 18.7. The molecule has 0 aromatic heterocycles. The van der Waals surface area contributed by atoms with Crippen LogP contribution in [0.2, 0.25) is 5.02 Å². The molecular weight excluding hydrogens is 489 g/mol. The van der Waals surface area contributed by atoms with Crippen LogP contribution >= 0.6 is 23.4 Å². The fourth-order valence-electron chi connectivity index (χ4n) is 3.42. The Balaban J connectivity index is 1.58. The smallest absolute Gasteiger partial charge is 0.238 e. The average Bonchev–Trinajstić information content (AvgIpc) is 2.85. The summed E-state index contributed by atoms with van der Waals surface area (Å²) in [4.78, 5) is 32.4. The van der Waals surface area contributed by atoms with Gasteiger partial charge in [-0.1, -0.05) is 35.5 Å². The van der Waals surface area contributed by atoms with E-state index in [1.54, 1.807) is 41.3 Å². The van der Waals surface area contributed by atoms with Gasteiger partial charge >= 0.3 is 0 Å². The third-order valence-corrected chi connectivity index (χ3v) is 6.61. The molecule has 1 N–H and O–H groups in total. The van der Waals surface area contributed by atoms with Crippen LogP contribution < -0.4 is 10.1 Å². The highest BCUT2D eigenvalue weighted by Gasteiger charge is 2.36. The van der Waals surface area contributed by atoms with Crippen molar-refractivity contribution in [3.63, 3.8) is 0 Å². The van der Waals surface area contributed by atoms with Crippen LogP contribution in [-0.4, -0.2) is 33.7 Å². The zero-order chi connectivity index (χ0) is 24.8. The number of benzene rings is 3. The van der Waals surface area contributed by atoms with Gasteiger partial charge in [-0.25, -0.2) is 9.38 Å². The molecule has 0 bridgehead atoms. The van der Waals surface area contributed by atoms with Crippen molar-refractivity contribution in [2.45, 2.75) is 25.1 Å². The highest BCUT2D eigenvalue weighted by molar-refractivity contribution is 8.15. The maximum atomic E-state index is 13.2. The summed E-state index contributed by atoms with van der Waals surface area (Å²) in [6.45, 7) is 2.76. The Kier molecular flexibility index (Phi) is 8.05. The Hall–Kier alpha value is -3.36. The number of rotatable bonds is 7. The molecule has 1 atom stereocenters. The van der Waals surface area contributed by atoms with Gasteiger partial charge in [0.1, 0.15) is 16.8 Å². The highest BCUT2D eigenvalue weighted by atomic mass is 35.5. The van der Waals surface area contributed by atoms with E-state index < -0.39 is 11.1 Å². The minimum Gasteiger partial charge on any atom is -0.494 e. The second-order valence-corrected chi connectivity index (χ2v) is 9.34. The summed E-state index contributed by atoms with van der Waals surface area (Å²) in [5.74, 6) is -0.241. The molecule has 9 heteroatoms. The van der Waals surface area contributed by atoms with Gasteiger partial charge in [-0.3, -0.25) is 14.5 Å². The molecule has 0 spiro atoms. The van der Waals surface area contributed by atoms with Gasteiger partial charge in [-0.05, 0) is 73.2 Å². The van der Waals surface area contributed by atoms with Crippen molar-refractivity contribution >= 4 is 51.7 Å². The predicted octanol–water partition coefficient (Wildman–Crippen LogP) is 6.04. The number of ether oxygens (including phenoxy) is 1. The van der Waals surface area contributed by atoms with Gasteiger partial charge in [0.15, 0.2) is 5.17 Å². The first-order chi connectivity index (χ1) is 16.9. The minimum atomic E-state index is -0.685. The Labute approximate surface area is 212 Å². The number of aliphatic imine (C=N–C) groups is 1. The lowest BCUT2D eigenvalue weighted by Gasteiger charge is -2.32. The fourth-order valence-corrected chi connectivity index (χ4v) is 4.64. The van der Waals surface area contributed by atoms with Crippen molar-refractivity contribution in [1.82, 2.24) is 4.90 Å². The predicted molar refractivity (Wildman–Crippen MR) is 138 cm³/mol. The van der Waals surface area contributed by atoms with Crippen LogP contribution in [0.15, 0.2) is 77.8 Å². The van der Waals surface area contributed by atoms with Crippen LogP contribution in [0.1, 0.15) is 18.9 Å². The fraction of sp³-hybridized carbons (Fsp3) is 0.192. The first kappa shape index (κ1) is 24.8. The number of amides is 2. The largest absolute Gasteiger partial charge is 0.494 e. The molecule has 1 aliphatic rings. The summed E-state index contributed by atoms with van der Waals surface area (Å²) >= 11 is 7.22. The molecule has 2 amide bonds. The number of halogens is 2. The lowest BCUT2D eigenvalue weighted by molar-refractivity contribution is -0.129. The third kappa shape index (κ3) is 6.61. The summed E-state index contributed by atoms with van der Waals surface area (Å²) in [6, 6.07) is 19.9. The molecule has 3 aromatic carbocycles. The van der Waals surface area contributed by atoms with Crippen LogP contribution in [0.25, 0.3) is 0 Å². The van der Waals surface area contributed by atoms with E-state index in [1.807, 2.05) is 19.1 Å². The summed E-state index contributed by atoms with van der Waals surface area (Å²) in [5.41, 5.74) is 1.97. The van der Waals surface area contributed by atoms with Gasteiger partial charge in [-0.2, -0.15) is 0 Å². The monoisotopic (exact) mass is 511 g/mol. The van der Waals surface area contributed by atoms with Crippen LogP contribution in [0, 0.1) is 5.82 Å². The number of hydrogen-bond acceptors (Lipinski definition) is 5. The molecule has 6 nitrogen and oxygen atoms in total. The van der Waals surface area contributed by atoms with E-state index in [1.165, 1.54) is 36.0 Å². The molecule has 0 aliphatic carbocycles. The number of nitrogens with zero attached hydrogens (tertiary/aromatic N) is 2. The molecule has 0 radical (unpaired) electrons. The van der Waals surface area contributed by atoms with Crippen molar-refractivity contribution in [3.05, 3.63) is 89.2 Å². The number of carbonyl (C=O) groups is 2. The first-order valence-electron chi connectivity index (χ1n) is 11.0. The number of amidine groups is 1. The number of hydrogen-bond donors (Lipinski definition) is 1. The van der Waals surface area contributed by atoms with Gasteiger partial charge in [0.05, 0.1) is 18.8 Å². The van der Waals surface area contributed by atoms with Gasteiger partial charge < -0.3 is 10.1 Å². The minimum absolute atomic E-state index is 0.00752. The summed E-state index contributed by atoms with van der Waals surface area (Å²) in [7, 11) is 0. The van der Waals surface area contributed by atoms with Crippen molar-refractivity contribution in [2.75, 3.05) is 11.9 Å². The molecule has 1 heterocycles. The van der Waals surface area contributed by atoms with Gasteiger partial charge in [-0.15, -0.1) is 0 Å². The van der Waals surface area contributed by atoms with Gasteiger partial charge in [0.25, 0.3) is 0 Å². The standard InChI is InChI=1S/C26H23ClFN3O3S/c1-2-34-22-13-11-21(12-14-22)30-26-31(16-17-3-5-18(27)6-4-17)24(32)15-23(35-26)25(33)29-20-9-7-19(28)8-10-20/h3-14,23H,2,15-16H2,1H3,(H,29,33). The third-order valence-electron chi connectivity index (χ3n) is 5.17. The zero-order valence-corrected chi connectivity index (χ0v) is 20.5. The molecule has 1 fully saturated rings. The number of anilines is 1. The normalized spacial score (nSPS) is 16.9. The Morgan fingerprint density at radius 3 is 2.46 bits per heavy atom. The molecular formula is C26H23ClFN3O3S. The van der Waals surface area contributed by atoms with E-state index in [0.717, 1.165) is 11.3 Å². The number of carbonyl (C=O) groups excluding carboxylic acids is 2. The van der Waals surface area contributed by atoms with E-state index in [2.05, 4.69) is 10.3 Å². The second kappa shape index (κ2) is 11.4. The van der Waals surface area contributed by atoms with Crippen molar-refractivity contribution in [2.24, 2.45) is 4.99 Å². The van der Waals surface area contributed by atoms with Crippen LogP contribution in [0.4, 0.5) is 15.8 Å². The molecule has 180 valence electrons. The SMILES string of the molecule is CCOc1ccc(N=C2SC(C(=O)Nc3ccc(F)cc3)CC(=O)N2Cc2ccc(Cl)cc2)cc1. The lowest BCUT2D eigenvalue weighted by atomic mass is 10.2. The van der Waals surface area contributed by atoms with Crippen molar-refractivity contribution in [1.29, 1.82) is 0 Å². The van der Waals surface area contributed by atoms with E-state index >= 15 is 0 Å². The van der Waals surface area contributed by atoms with Crippen molar-refractivity contribution in [3.8, 4) is 5.75 Å². The van der Waals surface area contributed by atoms with E-state index in [0.29, 0.717) is 34.7 Å². The molecule has 4 rings (SSSR count). The van der Waals surface area contributed by atoms with Crippen LogP contribution in [0.3, 0.4) is 0 Å². The average molecular weight is 512 g/mol. The number of thioether (sulfide) groups is 1. The molecule has 1 unspecified atom stereocenters. The van der Waals surface area contributed by atoms with E-state index in [9.17, 15) is 14.0 Å². The Morgan fingerprint density at radius 2 is 1.80 bits per heavy atom. The lowest BCUT2D eigenvalue weighted by Crippen LogP contribution is -2.44. The van der Waals surface area contributed by atoms with Crippen LogP contribution in [0.5, 0.6) is 5.75 Å². The molecule has 35 heavy (non-hydrogen) atoms. The van der Waals surface area contributed by atoms with E-state index in [4.69, 9.17) is 16.3 Å².